The van der Waals surface area contributed by atoms with Gasteiger partial charge in [0, 0.05) is 12.4 Å². The van der Waals surface area contributed by atoms with Gasteiger partial charge in [0.15, 0.2) is 0 Å². The summed E-state index contributed by atoms with van der Waals surface area (Å²) < 4.78 is 0. The van der Waals surface area contributed by atoms with Crippen LogP contribution in [0.5, 0.6) is 0 Å². The molecule has 0 saturated heterocycles. The first-order valence-electron chi connectivity index (χ1n) is 6.30. The lowest BCUT2D eigenvalue weighted by molar-refractivity contribution is 0.382. The third kappa shape index (κ3) is 4.27. The Kier molecular flexibility index (Phi) is 6.01. The molecule has 0 bridgehead atoms. The average Bonchev–Trinajstić information content (AvgIpc) is 2.35. The van der Waals surface area contributed by atoms with Gasteiger partial charge in [-0.25, -0.2) is 9.97 Å². The average molecular weight is 221 g/mol. The number of hydrogen-bond acceptors (Lipinski definition) is 3. The Morgan fingerprint density at radius 1 is 1.25 bits per heavy atom. The molecule has 0 radical (unpaired) electrons. The van der Waals surface area contributed by atoms with E-state index in [0.717, 1.165) is 12.2 Å². The smallest absolute Gasteiger partial charge is 0.144 e. The highest BCUT2D eigenvalue weighted by Crippen LogP contribution is 2.22. The summed E-state index contributed by atoms with van der Waals surface area (Å²) in [4.78, 5) is 8.42. The van der Waals surface area contributed by atoms with Crippen LogP contribution in [0.4, 0.5) is 0 Å². The van der Waals surface area contributed by atoms with Crippen LogP contribution in [0.15, 0.2) is 18.5 Å². The van der Waals surface area contributed by atoms with Crippen molar-refractivity contribution in [2.24, 2.45) is 11.7 Å². The number of hydrogen-bond donors (Lipinski definition) is 1. The molecular weight excluding hydrogens is 198 g/mol. The molecule has 0 saturated carbocycles. The Balaban J connectivity index is 2.45. The number of nitrogens with two attached hydrogens (primary N) is 1. The zero-order chi connectivity index (χ0) is 11.8. The minimum atomic E-state index is -0.0111. The molecule has 2 atom stereocenters. The van der Waals surface area contributed by atoms with Gasteiger partial charge >= 0.3 is 0 Å². The van der Waals surface area contributed by atoms with Gasteiger partial charge in [0.25, 0.3) is 0 Å². The van der Waals surface area contributed by atoms with Crippen LogP contribution in [0.1, 0.15) is 57.8 Å². The highest BCUT2D eigenvalue weighted by Gasteiger charge is 2.14. The molecule has 1 rings (SSSR count). The molecule has 0 amide bonds. The van der Waals surface area contributed by atoms with E-state index in [0.29, 0.717) is 5.92 Å². The van der Waals surface area contributed by atoms with E-state index in [-0.39, 0.29) is 6.04 Å². The molecule has 0 fully saturated rings. The highest BCUT2D eigenvalue weighted by molar-refractivity contribution is 4.94. The van der Waals surface area contributed by atoms with Crippen molar-refractivity contribution in [3.63, 3.8) is 0 Å². The lowest BCUT2D eigenvalue weighted by Gasteiger charge is -2.18. The second-order valence-electron chi connectivity index (χ2n) is 4.37. The largest absolute Gasteiger partial charge is 0.321 e. The van der Waals surface area contributed by atoms with E-state index in [1.807, 2.05) is 6.07 Å². The number of aromatic nitrogens is 2. The van der Waals surface area contributed by atoms with Crippen molar-refractivity contribution in [2.45, 2.75) is 52.0 Å². The fraction of sp³-hybridized carbons (Fsp3) is 0.692. The van der Waals surface area contributed by atoms with E-state index in [4.69, 9.17) is 5.73 Å². The van der Waals surface area contributed by atoms with E-state index >= 15 is 0 Å². The minimum absolute atomic E-state index is 0.0111. The van der Waals surface area contributed by atoms with Gasteiger partial charge in [-0.3, -0.25) is 0 Å². The second kappa shape index (κ2) is 7.34. The van der Waals surface area contributed by atoms with E-state index in [2.05, 4.69) is 23.8 Å². The molecule has 1 aromatic rings. The first-order valence-corrected chi connectivity index (χ1v) is 6.30. The quantitative estimate of drug-likeness (QED) is 0.769. The minimum Gasteiger partial charge on any atom is -0.321 e. The van der Waals surface area contributed by atoms with Crippen LogP contribution >= 0.6 is 0 Å². The third-order valence-electron chi connectivity index (χ3n) is 3.05. The Labute approximate surface area is 98.5 Å². The van der Waals surface area contributed by atoms with Gasteiger partial charge in [-0.05, 0) is 18.4 Å². The summed E-state index contributed by atoms with van der Waals surface area (Å²) in [5, 5.41) is 0. The summed E-state index contributed by atoms with van der Waals surface area (Å²) in [7, 11) is 0. The third-order valence-corrected chi connectivity index (χ3v) is 3.05. The van der Waals surface area contributed by atoms with Crippen molar-refractivity contribution in [2.75, 3.05) is 0 Å². The summed E-state index contributed by atoms with van der Waals surface area (Å²) >= 11 is 0. The standard InChI is InChI=1S/C13H23N3/c1-3-5-7-11(4-2)10-12(14)13-15-8-6-9-16-13/h6,8-9,11-12H,3-5,7,10,14H2,1-2H3. The van der Waals surface area contributed by atoms with Gasteiger partial charge in [-0.15, -0.1) is 0 Å². The summed E-state index contributed by atoms with van der Waals surface area (Å²) in [6, 6.07) is 1.81. The molecule has 0 aliphatic heterocycles. The summed E-state index contributed by atoms with van der Waals surface area (Å²) in [6.07, 6.45) is 9.54. The number of rotatable bonds is 7. The predicted molar refractivity (Wildman–Crippen MR) is 66.9 cm³/mol. The van der Waals surface area contributed by atoms with Gasteiger partial charge in [0.05, 0.1) is 6.04 Å². The summed E-state index contributed by atoms with van der Waals surface area (Å²) in [5.74, 6) is 1.48. The topological polar surface area (TPSA) is 51.8 Å². The normalized spacial score (nSPS) is 14.7. The van der Waals surface area contributed by atoms with Crippen molar-refractivity contribution < 1.29 is 0 Å². The van der Waals surface area contributed by atoms with Crippen LogP contribution in [-0.4, -0.2) is 9.97 Å². The molecule has 1 aromatic heterocycles. The molecule has 0 aliphatic carbocycles. The molecule has 0 aromatic carbocycles. The van der Waals surface area contributed by atoms with Crippen molar-refractivity contribution in [3.8, 4) is 0 Å². The predicted octanol–water partition coefficient (Wildman–Crippen LogP) is 3.08. The van der Waals surface area contributed by atoms with Crippen LogP contribution in [0.3, 0.4) is 0 Å². The van der Waals surface area contributed by atoms with Crippen LogP contribution < -0.4 is 5.73 Å². The van der Waals surface area contributed by atoms with Gasteiger partial charge in [-0.2, -0.15) is 0 Å². The first kappa shape index (κ1) is 13.1. The van der Waals surface area contributed by atoms with E-state index in [1.54, 1.807) is 12.4 Å². The van der Waals surface area contributed by atoms with Crippen LogP contribution in [0.25, 0.3) is 0 Å². The Bertz CT molecular complexity index is 274. The molecular formula is C13H23N3. The molecule has 2 unspecified atom stereocenters. The van der Waals surface area contributed by atoms with Gasteiger partial charge in [0.1, 0.15) is 5.82 Å². The Morgan fingerprint density at radius 2 is 1.94 bits per heavy atom. The summed E-state index contributed by atoms with van der Waals surface area (Å²) in [5.41, 5.74) is 6.12. The fourth-order valence-corrected chi connectivity index (χ4v) is 1.95. The van der Waals surface area contributed by atoms with E-state index in [9.17, 15) is 0 Å². The van der Waals surface area contributed by atoms with Crippen LogP contribution in [-0.2, 0) is 0 Å². The van der Waals surface area contributed by atoms with Crippen LogP contribution in [0.2, 0.25) is 0 Å². The Morgan fingerprint density at radius 3 is 2.50 bits per heavy atom. The fourth-order valence-electron chi connectivity index (χ4n) is 1.95. The van der Waals surface area contributed by atoms with Crippen molar-refractivity contribution in [1.29, 1.82) is 0 Å². The Hall–Kier alpha value is -0.960. The molecule has 90 valence electrons. The lowest BCUT2D eigenvalue weighted by atomic mass is 9.92. The maximum Gasteiger partial charge on any atom is 0.144 e. The molecule has 3 nitrogen and oxygen atoms in total. The number of nitrogens with zero attached hydrogens (tertiary/aromatic N) is 2. The zero-order valence-corrected chi connectivity index (χ0v) is 10.4. The molecule has 2 N–H and O–H groups in total. The molecule has 3 heteroatoms. The van der Waals surface area contributed by atoms with Crippen LogP contribution in [0, 0.1) is 5.92 Å². The SMILES string of the molecule is CCCCC(CC)CC(N)c1ncccn1. The summed E-state index contributed by atoms with van der Waals surface area (Å²) in [6.45, 7) is 4.46. The second-order valence-corrected chi connectivity index (χ2v) is 4.37. The molecule has 0 spiro atoms. The monoisotopic (exact) mass is 221 g/mol. The lowest BCUT2D eigenvalue weighted by Crippen LogP contribution is -2.17. The molecule has 0 aliphatic rings. The zero-order valence-electron chi connectivity index (χ0n) is 10.4. The first-order chi connectivity index (χ1) is 7.77. The highest BCUT2D eigenvalue weighted by atomic mass is 14.9. The van der Waals surface area contributed by atoms with E-state index < -0.39 is 0 Å². The maximum atomic E-state index is 6.12. The molecule has 1 heterocycles. The van der Waals surface area contributed by atoms with Gasteiger partial charge in [0.2, 0.25) is 0 Å². The molecule has 16 heavy (non-hydrogen) atoms. The van der Waals surface area contributed by atoms with Crippen molar-refractivity contribution in [1.82, 2.24) is 9.97 Å². The number of unbranched alkanes of at least 4 members (excludes halogenated alkanes) is 1. The van der Waals surface area contributed by atoms with Crippen molar-refractivity contribution >= 4 is 0 Å². The van der Waals surface area contributed by atoms with Crippen molar-refractivity contribution in [3.05, 3.63) is 24.3 Å². The van der Waals surface area contributed by atoms with Gasteiger partial charge < -0.3 is 5.73 Å². The van der Waals surface area contributed by atoms with Gasteiger partial charge in [-0.1, -0.05) is 39.5 Å². The van der Waals surface area contributed by atoms with E-state index in [1.165, 1.54) is 25.7 Å². The maximum absolute atomic E-state index is 6.12.